The third-order valence-electron chi connectivity index (χ3n) is 5.18. The van der Waals surface area contributed by atoms with Crippen molar-refractivity contribution in [1.82, 2.24) is 0 Å². The first-order valence-corrected chi connectivity index (χ1v) is 9.52. The topological polar surface area (TPSA) is 55.8 Å². The van der Waals surface area contributed by atoms with Crippen LogP contribution in [0.5, 0.6) is 5.75 Å². The summed E-state index contributed by atoms with van der Waals surface area (Å²) in [6, 6.07) is 13.6. The number of ether oxygens (including phenoxy) is 2. The van der Waals surface area contributed by atoms with Gasteiger partial charge in [0.1, 0.15) is 12.4 Å². The number of aryl methyl sites for hydroxylation is 2. The van der Waals surface area contributed by atoms with Gasteiger partial charge in [0.05, 0.1) is 17.9 Å². The van der Waals surface area contributed by atoms with Gasteiger partial charge in [-0.15, -0.1) is 0 Å². The van der Waals surface area contributed by atoms with E-state index in [0.29, 0.717) is 17.9 Å². The van der Waals surface area contributed by atoms with Crippen molar-refractivity contribution in [2.75, 3.05) is 18.1 Å². The minimum Gasteiger partial charge on any atom is -0.494 e. The number of hydrogen-bond donors (Lipinski definition) is 0. The zero-order chi connectivity index (χ0) is 19.8. The lowest BCUT2D eigenvalue weighted by molar-refractivity contribution is -0.136. The highest BCUT2D eigenvalue weighted by atomic mass is 16.5. The second-order valence-electron chi connectivity index (χ2n) is 7.27. The standard InChI is InChI=1S/C23H23NO4/c1-4-27-18-7-5-16(6-8-18)19-12-21(25)24(20-13-28-23(26)22(19)20)17-10-14(2)9-15(3)11-17/h5-11,19H,4,12-13H2,1-3H3. The lowest BCUT2D eigenvalue weighted by Gasteiger charge is -2.32. The number of rotatable bonds is 4. The number of nitrogens with zero attached hydrogens (tertiary/aromatic N) is 1. The first kappa shape index (κ1) is 18.3. The van der Waals surface area contributed by atoms with Gasteiger partial charge in [-0.2, -0.15) is 0 Å². The van der Waals surface area contributed by atoms with Gasteiger partial charge < -0.3 is 9.47 Å². The molecule has 0 aliphatic carbocycles. The number of anilines is 1. The average Bonchev–Trinajstić information content (AvgIpc) is 3.02. The summed E-state index contributed by atoms with van der Waals surface area (Å²) in [4.78, 5) is 27.3. The first-order valence-electron chi connectivity index (χ1n) is 9.52. The van der Waals surface area contributed by atoms with Crippen molar-refractivity contribution in [2.24, 2.45) is 0 Å². The predicted molar refractivity (Wildman–Crippen MR) is 106 cm³/mol. The number of benzene rings is 2. The Bertz CT molecular complexity index is 954. The lowest BCUT2D eigenvalue weighted by atomic mass is 9.84. The number of hydrogen-bond acceptors (Lipinski definition) is 4. The molecule has 0 N–H and O–H groups in total. The van der Waals surface area contributed by atoms with Gasteiger partial charge in [-0.3, -0.25) is 9.69 Å². The van der Waals surface area contributed by atoms with Crippen molar-refractivity contribution in [3.63, 3.8) is 0 Å². The Labute approximate surface area is 164 Å². The maximum absolute atomic E-state index is 13.1. The van der Waals surface area contributed by atoms with Crippen LogP contribution < -0.4 is 9.64 Å². The molecule has 0 saturated carbocycles. The van der Waals surface area contributed by atoms with Crippen LogP contribution in [0.3, 0.4) is 0 Å². The minimum atomic E-state index is -0.337. The van der Waals surface area contributed by atoms with Crippen molar-refractivity contribution in [1.29, 1.82) is 0 Å². The number of amides is 1. The normalized spacial score (nSPS) is 19.0. The smallest absolute Gasteiger partial charge is 0.336 e. The molecule has 28 heavy (non-hydrogen) atoms. The molecule has 2 aromatic rings. The summed E-state index contributed by atoms with van der Waals surface area (Å²) in [6.45, 7) is 6.65. The van der Waals surface area contributed by atoms with Crippen molar-refractivity contribution in [3.05, 3.63) is 70.4 Å². The summed E-state index contributed by atoms with van der Waals surface area (Å²) >= 11 is 0. The quantitative estimate of drug-likeness (QED) is 0.755. The zero-order valence-electron chi connectivity index (χ0n) is 16.3. The van der Waals surface area contributed by atoms with Crippen molar-refractivity contribution < 1.29 is 19.1 Å². The van der Waals surface area contributed by atoms with E-state index in [4.69, 9.17) is 9.47 Å². The van der Waals surface area contributed by atoms with Crippen LogP contribution in [-0.2, 0) is 14.3 Å². The molecule has 2 aliphatic heterocycles. The number of carbonyl (C=O) groups excluding carboxylic acids is 2. The molecular formula is C23H23NO4. The molecule has 2 heterocycles. The molecule has 5 heteroatoms. The summed E-state index contributed by atoms with van der Waals surface area (Å²) in [7, 11) is 0. The molecular weight excluding hydrogens is 354 g/mol. The average molecular weight is 377 g/mol. The highest BCUT2D eigenvalue weighted by molar-refractivity contribution is 6.06. The Balaban J connectivity index is 1.77. The maximum Gasteiger partial charge on any atom is 0.336 e. The third kappa shape index (κ3) is 3.17. The first-order chi connectivity index (χ1) is 13.5. The molecule has 0 saturated heterocycles. The molecule has 2 aliphatic rings. The molecule has 1 amide bonds. The van der Waals surface area contributed by atoms with Crippen molar-refractivity contribution >= 4 is 17.6 Å². The van der Waals surface area contributed by atoms with Gasteiger partial charge in [-0.05, 0) is 61.7 Å². The fourth-order valence-electron chi connectivity index (χ4n) is 4.08. The molecule has 0 fully saturated rings. The van der Waals surface area contributed by atoms with E-state index in [1.54, 1.807) is 4.90 Å². The molecule has 144 valence electrons. The summed E-state index contributed by atoms with van der Waals surface area (Å²) in [5.41, 5.74) is 5.10. The Kier molecular flexibility index (Phi) is 4.67. The lowest BCUT2D eigenvalue weighted by Crippen LogP contribution is -2.37. The van der Waals surface area contributed by atoms with E-state index in [9.17, 15) is 9.59 Å². The molecule has 1 atom stereocenters. The van der Waals surface area contributed by atoms with Gasteiger partial charge >= 0.3 is 5.97 Å². The van der Waals surface area contributed by atoms with Crippen LogP contribution in [0.15, 0.2) is 53.7 Å². The van der Waals surface area contributed by atoms with Gasteiger partial charge in [0.15, 0.2) is 0 Å². The van der Waals surface area contributed by atoms with E-state index in [1.807, 2.05) is 57.2 Å². The fraction of sp³-hybridized carbons (Fsp3) is 0.304. The van der Waals surface area contributed by atoms with E-state index in [0.717, 1.165) is 28.1 Å². The van der Waals surface area contributed by atoms with E-state index >= 15 is 0 Å². The van der Waals surface area contributed by atoms with Crippen LogP contribution >= 0.6 is 0 Å². The van der Waals surface area contributed by atoms with E-state index in [1.165, 1.54) is 0 Å². The van der Waals surface area contributed by atoms with Crippen LogP contribution in [0.25, 0.3) is 0 Å². The molecule has 2 aromatic carbocycles. The summed E-state index contributed by atoms with van der Waals surface area (Å²) < 4.78 is 10.8. The highest BCUT2D eigenvalue weighted by Crippen LogP contribution is 2.42. The van der Waals surface area contributed by atoms with Crippen LogP contribution in [0, 0.1) is 13.8 Å². The molecule has 1 unspecified atom stereocenters. The number of esters is 1. The molecule has 0 aromatic heterocycles. The largest absolute Gasteiger partial charge is 0.494 e. The van der Waals surface area contributed by atoms with Gasteiger partial charge in [-0.1, -0.05) is 18.2 Å². The fourth-order valence-corrected chi connectivity index (χ4v) is 4.08. The summed E-state index contributed by atoms with van der Waals surface area (Å²) in [6.07, 6.45) is 0.231. The molecule has 5 nitrogen and oxygen atoms in total. The highest BCUT2D eigenvalue weighted by Gasteiger charge is 2.43. The van der Waals surface area contributed by atoms with Crippen LogP contribution in [0.4, 0.5) is 5.69 Å². The second-order valence-corrected chi connectivity index (χ2v) is 7.27. The van der Waals surface area contributed by atoms with Crippen LogP contribution in [0.2, 0.25) is 0 Å². The van der Waals surface area contributed by atoms with Crippen LogP contribution in [0.1, 0.15) is 36.0 Å². The predicted octanol–water partition coefficient (Wildman–Crippen LogP) is 4.03. The number of carbonyl (C=O) groups is 2. The van der Waals surface area contributed by atoms with E-state index < -0.39 is 0 Å². The minimum absolute atomic E-state index is 0.0269. The number of cyclic esters (lactones) is 1. The Morgan fingerprint density at radius 2 is 1.75 bits per heavy atom. The summed E-state index contributed by atoms with van der Waals surface area (Å²) in [5.74, 6) is 0.112. The van der Waals surface area contributed by atoms with Gasteiger partial charge in [-0.25, -0.2) is 4.79 Å². The Hall–Kier alpha value is -3.08. The second kappa shape index (κ2) is 7.15. The van der Waals surface area contributed by atoms with Crippen LogP contribution in [-0.4, -0.2) is 25.1 Å². The molecule has 0 bridgehead atoms. The SMILES string of the molecule is CCOc1ccc(C2CC(=O)N(c3cc(C)cc(C)c3)C3=C2C(=O)OC3)cc1. The zero-order valence-corrected chi connectivity index (χ0v) is 16.3. The summed E-state index contributed by atoms with van der Waals surface area (Å²) in [5, 5.41) is 0. The van der Waals surface area contributed by atoms with E-state index in [-0.39, 0.29) is 30.8 Å². The maximum atomic E-state index is 13.1. The Morgan fingerprint density at radius 3 is 2.39 bits per heavy atom. The van der Waals surface area contributed by atoms with E-state index in [2.05, 4.69) is 6.07 Å². The van der Waals surface area contributed by atoms with Gasteiger partial charge in [0, 0.05) is 18.0 Å². The van der Waals surface area contributed by atoms with Crippen molar-refractivity contribution in [3.8, 4) is 5.75 Å². The molecule has 0 spiro atoms. The Morgan fingerprint density at radius 1 is 1.07 bits per heavy atom. The van der Waals surface area contributed by atoms with Gasteiger partial charge in [0.25, 0.3) is 0 Å². The monoisotopic (exact) mass is 377 g/mol. The molecule has 0 radical (unpaired) electrons. The third-order valence-corrected chi connectivity index (χ3v) is 5.18. The molecule has 4 rings (SSSR count). The van der Waals surface area contributed by atoms with Gasteiger partial charge in [0.2, 0.25) is 5.91 Å². The van der Waals surface area contributed by atoms with Crippen molar-refractivity contribution in [2.45, 2.75) is 33.1 Å².